The third-order valence-corrected chi connectivity index (χ3v) is 1.89. The van der Waals surface area contributed by atoms with Gasteiger partial charge in [-0.05, 0) is 18.9 Å². The van der Waals surface area contributed by atoms with E-state index in [0.717, 1.165) is 12.8 Å². The lowest BCUT2D eigenvalue weighted by Gasteiger charge is -1.89. The number of methoxy groups -OCH3 is 1. The Bertz CT molecular complexity index is 200. The number of hydrogen-bond acceptors (Lipinski definition) is 4. The predicted octanol–water partition coefficient (Wildman–Crippen LogP) is 0.255. The summed E-state index contributed by atoms with van der Waals surface area (Å²) in [6.07, 6.45) is 4.84. The van der Waals surface area contributed by atoms with Crippen LogP contribution in [0.25, 0.3) is 0 Å². The Morgan fingerprint density at radius 3 is 3.08 bits per heavy atom. The van der Waals surface area contributed by atoms with Crippen molar-refractivity contribution in [1.82, 2.24) is 0 Å². The van der Waals surface area contributed by atoms with E-state index in [9.17, 15) is 4.79 Å². The molecule has 0 saturated carbocycles. The van der Waals surface area contributed by atoms with Crippen LogP contribution in [0.4, 0.5) is 0 Å². The molecule has 0 aromatic rings. The van der Waals surface area contributed by atoms with Gasteiger partial charge < -0.3 is 14.6 Å². The second-order valence-corrected chi connectivity index (χ2v) is 2.89. The maximum absolute atomic E-state index is 10.7. The molecule has 0 aromatic heterocycles. The molecule has 1 heterocycles. The zero-order chi connectivity index (χ0) is 9.68. The summed E-state index contributed by atoms with van der Waals surface area (Å²) < 4.78 is 9.63. The Labute approximate surface area is 77.1 Å². The molecule has 0 radical (unpaired) electrons. The van der Waals surface area contributed by atoms with Gasteiger partial charge in [-0.3, -0.25) is 0 Å². The molecule has 13 heavy (non-hydrogen) atoms. The van der Waals surface area contributed by atoms with Crippen molar-refractivity contribution < 1.29 is 19.4 Å². The first-order valence-corrected chi connectivity index (χ1v) is 4.30. The average molecular weight is 186 g/mol. The monoisotopic (exact) mass is 186 g/mol. The van der Waals surface area contributed by atoms with Gasteiger partial charge in [0.25, 0.3) is 0 Å². The fraction of sp³-hybridized carbons (Fsp3) is 0.667. The first kappa shape index (κ1) is 10.2. The number of ether oxygens (including phenoxy) is 2. The molecule has 1 fully saturated rings. The largest absolute Gasteiger partial charge is 0.466 e. The van der Waals surface area contributed by atoms with Crippen LogP contribution in [-0.2, 0) is 14.3 Å². The van der Waals surface area contributed by atoms with Gasteiger partial charge in [0, 0.05) is 12.7 Å². The summed E-state index contributed by atoms with van der Waals surface area (Å²) in [5.41, 5.74) is 0. The maximum Gasteiger partial charge on any atom is 0.330 e. The smallest absolute Gasteiger partial charge is 0.330 e. The molecule has 0 spiro atoms. The number of esters is 1. The quantitative estimate of drug-likeness (QED) is 0.380. The normalized spacial score (nSPS) is 26.3. The van der Waals surface area contributed by atoms with Gasteiger partial charge in [0.2, 0.25) is 0 Å². The minimum atomic E-state index is -0.364. The van der Waals surface area contributed by atoms with Crippen molar-refractivity contribution in [1.29, 1.82) is 0 Å². The van der Waals surface area contributed by atoms with Crippen LogP contribution in [0.15, 0.2) is 12.2 Å². The van der Waals surface area contributed by atoms with Crippen LogP contribution in [0.2, 0.25) is 0 Å². The second-order valence-electron chi connectivity index (χ2n) is 2.89. The lowest BCUT2D eigenvalue weighted by atomic mass is 10.2. The van der Waals surface area contributed by atoms with Crippen molar-refractivity contribution in [2.45, 2.75) is 25.0 Å². The zero-order valence-electron chi connectivity index (χ0n) is 7.60. The van der Waals surface area contributed by atoms with E-state index in [1.54, 1.807) is 6.08 Å². The third kappa shape index (κ3) is 3.57. The summed E-state index contributed by atoms with van der Waals surface area (Å²) in [4.78, 5) is 10.7. The van der Waals surface area contributed by atoms with Gasteiger partial charge in [0.15, 0.2) is 0 Å². The van der Waals surface area contributed by atoms with Gasteiger partial charge in [0.1, 0.15) is 6.10 Å². The minimum Gasteiger partial charge on any atom is -0.466 e. The first-order valence-electron chi connectivity index (χ1n) is 4.30. The van der Waals surface area contributed by atoms with E-state index in [1.165, 1.54) is 13.2 Å². The fourth-order valence-electron chi connectivity index (χ4n) is 1.09. The van der Waals surface area contributed by atoms with E-state index in [4.69, 9.17) is 9.84 Å². The molecule has 74 valence electrons. The van der Waals surface area contributed by atoms with E-state index in [2.05, 4.69) is 4.74 Å². The molecule has 1 N–H and O–H groups in total. The van der Waals surface area contributed by atoms with Crippen LogP contribution in [0, 0.1) is 0 Å². The number of epoxide rings is 1. The molecule has 1 aliphatic heterocycles. The van der Waals surface area contributed by atoms with Gasteiger partial charge in [0.05, 0.1) is 13.2 Å². The number of carbonyl (C=O) groups is 1. The Morgan fingerprint density at radius 1 is 1.69 bits per heavy atom. The van der Waals surface area contributed by atoms with Gasteiger partial charge >= 0.3 is 5.97 Å². The molecular weight excluding hydrogens is 172 g/mol. The first-order chi connectivity index (χ1) is 6.27. The third-order valence-electron chi connectivity index (χ3n) is 1.89. The molecule has 1 aliphatic rings. The lowest BCUT2D eigenvalue weighted by molar-refractivity contribution is -0.134. The molecule has 0 aromatic carbocycles. The maximum atomic E-state index is 10.7. The van der Waals surface area contributed by atoms with Crippen LogP contribution in [0.1, 0.15) is 12.8 Å². The van der Waals surface area contributed by atoms with Gasteiger partial charge in [-0.2, -0.15) is 0 Å². The summed E-state index contributed by atoms with van der Waals surface area (Å²) >= 11 is 0. The molecule has 0 amide bonds. The van der Waals surface area contributed by atoms with Gasteiger partial charge in [-0.15, -0.1) is 0 Å². The van der Waals surface area contributed by atoms with Gasteiger partial charge in [-0.25, -0.2) is 4.79 Å². The topological polar surface area (TPSA) is 59.1 Å². The Hall–Kier alpha value is -0.870. The zero-order valence-corrected chi connectivity index (χ0v) is 7.60. The number of carbonyl (C=O) groups excluding carboxylic acids is 1. The SMILES string of the molecule is COC(=O)/C=C/C1OC1CCCO. The van der Waals surface area contributed by atoms with E-state index < -0.39 is 0 Å². The summed E-state index contributed by atoms with van der Waals surface area (Å²) in [5, 5.41) is 8.54. The lowest BCUT2D eigenvalue weighted by Crippen LogP contribution is -1.97. The van der Waals surface area contributed by atoms with Crippen molar-refractivity contribution in [2.75, 3.05) is 13.7 Å². The number of hydrogen-bond donors (Lipinski definition) is 1. The molecule has 4 nitrogen and oxygen atoms in total. The van der Waals surface area contributed by atoms with Crippen LogP contribution < -0.4 is 0 Å². The standard InChI is InChI=1S/C9H14O4/c1-12-9(11)5-4-8-7(13-8)3-2-6-10/h4-5,7-8,10H,2-3,6H2,1H3/b5-4+. The van der Waals surface area contributed by atoms with E-state index in [0.29, 0.717) is 0 Å². The molecule has 4 heteroatoms. The van der Waals surface area contributed by atoms with Crippen molar-refractivity contribution in [3.63, 3.8) is 0 Å². The molecule has 2 atom stereocenters. The molecule has 1 saturated heterocycles. The van der Waals surface area contributed by atoms with E-state index >= 15 is 0 Å². The van der Waals surface area contributed by atoms with Gasteiger partial charge in [-0.1, -0.05) is 0 Å². The molecule has 0 aliphatic carbocycles. The summed E-state index contributed by atoms with van der Waals surface area (Å²) in [6, 6.07) is 0. The average Bonchev–Trinajstić information content (AvgIpc) is 2.89. The molecule has 2 unspecified atom stereocenters. The molecule has 1 rings (SSSR count). The molecular formula is C9H14O4. The van der Waals surface area contributed by atoms with E-state index in [1.807, 2.05) is 0 Å². The summed E-state index contributed by atoms with van der Waals surface area (Å²) in [5.74, 6) is -0.364. The molecule has 0 bridgehead atoms. The number of aliphatic hydroxyl groups excluding tert-OH is 1. The van der Waals surface area contributed by atoms with Crippen LogP contribution in [0.5, 0.6) is 0 Å². The Morgan fingerprint density at radius 2 is 2.46 bits per heavy atom. The van der Waals surface area contributed by atoms with Crippen LogP contribution in [-0.4, -0.2) is 37.0 Å². The van der Waals surface area contributed by atoms with Crippen molar-refractivity contribution in [3.8, 4) is 0 Å². The number of aliphatic hydroxyl groups is 1. The Kier molecular flexibility index (Phi) is 3.92. The highest BCUT2D eigenvalue weighted by atomic mass is 16.6. The van der Waals surface area contributed by atoms with Crippen LogP contribution >= 0.6 is 0 Å². The highest BCUT2D eigenvalue weighted by Gasteiger charge is 2.35. The number of rotatable bonds is 5. The second kappa shape index (κ2) is 4.99. The fourth-order valence-corrected chi connectivity index (χ4v) is 1.09. The Balaban J connectivity index is 2.13. The predicted molar refractivity (Wildman–Crippen MR) is 46.1 cm³/mol. The highest BCUT2D eigenvalue weighted by Crippen LogP contribution is 2.27. The highest BCUT2D eigenvalue weighted by molar-refractivity contribution is 5.81. The van der Waals surface area contributed by atoms with Crippen molar-refractivity contribution >= 4 is 5.97 Å². The minimum absolute atomic E-state index is 0.0330. The van der Waals surface area contributed by atoms with E-state index in [-0.39, 0.29) is 24.8 Å². The van der Waals surface area contributed by atoms with Crippen LogP contribution in [0.3, 0.4) is 0 Å². The van der Waals surface area contributed by atoms with Crippen molar-refractivity contribution in [3.05, 3.63) is 12.2 Å². The van der Waals surface area contributed by atoms with Crippen molar-refractivity contribution in [2.24, 2.45) is 0 Å². The summed E-state index contributed by atoms with van der Waals surface area (Å²) in [7, 11) is 1.34. The summed E-state index contributed by atoms with van der Waals surface area (Å²) in [6.45, 7) is 0.188.